The molecular weight excluding hydrogens is 388 g/mol. The third kappa shape index (κ3) is 3.35. The molecule has 0 atom stereocenters. The van der Waals surface area contributed by atoms with Crippen LogP contribution >= 0.6 is 0 Å². The Balaban J connectivity index is 1.71. The molecule has 0 saturated heterocycles. The number of hydrogen-bond donors (Lipinski definition) is 1. The first-order valence-electron chi connectivity index (χ1n) is 9.50. The maximum atomic E-state index is 13.2. The predicted octanol–water partition coefficient (Wildman–Crippen LogP) is 3.34. The molecule has 2 aromatic carbocycles. The van der Waals surface area contributed by atoms with Gasteiger partial charge in [0.05, 0.1) is 22.9 Å². The number of nitrogens with zero attached hydrogens (tertiary/aromatic N) is 1. The van der Waals surface area contributed by atoms with E-state index in [1.807, 2.05) is 25.1 Å². The number of benzene rings is 2. The predicted molar refractivity (Wildman–Crippen MR) is 110 cm³/mol. The van der Waals surface area contributed by atoms with Gasteiger partial charge in [-0.2, -0.15) is 0 Å². The Morgan fingerprint density at radius 2 is 1.97 bits per heavy atom. The zero-order valence-electron chi connectivity index (χ0n) is 16.3. The largest absolute Gasteiger partial charge is 0.496 e. The van der Waals surface area contributed by atoms with Gasteiger partial charge in [-0.25, -0.2) is 13.1 Å². The quantitative estimate of drug-likeness (QED) is 0.674. The number of methoxy groups -OCH3 is 1. The fourth-order valence-corrected chi connectivity index (χ4v) is 4.95. The molecule has 0 unspecified atom stereocenters. The number of aryl methyl sites for hydroxylation is 1. The van der Waals surface area contributed by atoms with Crippen LogP contribution in [0.25, 0.3) is 10.9 Å². The van der Waals surface area contributed by atoms with E-state index in [0.717, 1.165) is 17.5 Å². The molecule has 1 fully saturated rings. The van der Waals surface area contributed by atoms with Crippen molar-refractivity contribution in [1.82, 2.24) is 9.71 Å². The SMILES string of the molecule is CCc1ccc(OC)c(C2(C(=O)NS(=O)(=O)c3cccc4ncccc34)CC2)c1. The fraction of sp³-hybridized carbons (Fsp3) is 0.273. The van der Waals surface area contributed by atoms with E-state index in [-0.39, 0.29) is 4.90 Å². The maximum Gasteiger partial charge on any atom is 0.264 e. The molecule has 3 aromatic rings. The Morgan fingerprint density at radius 1 is 1.17 bits per heavy atom. The number of sulfonamides is 1. The number of ether oxygens (including phenoxy) is 1. The van der Waals surface area contributed by atoms with Crippen LogP contribution in [0.5, 0.6) is 5.75 Å². The second kappa shape index (κ2) is 7.15. The average molecular weight is 410 g/mol. The first-order chi connectivity index (χ1) is 13.9. The average Bonchev–Trinajstić information content (AvgIpc) is 3.54. The number of nitrogens with one attached hydrogen (secondary N) is 1. The molecule has 1 aliphatic rings. The number of carbonyl (C=O) groups excluding carboxylic acids is 1. The van der Waals surface area contributed by atoms with E-state index >= 15 is 0 Å². The summed E-state index contributed by atoms with van der Waals surface area (Å²) in [5, 5.41) is 0.478. The molecule has 0 bridgehead atoms. The molecule has 6 nitrogen and oxygen atoms in total. The zero-order chi connectivity index (χ0) is 20.6. The van der Waals surface area contributed by atoms with Crippen LogP contribution in [0.15, 0.2) is 59.6 Å². The van der Waals surface area contributed by atoms with E-state index in [4.69, 9.17) is 4.74 Å². The summed E-state index contributed by atoms with van der Waals surface area (Å²) in [7, 11) is -2.50. The fourth-order valence-electron chi connectivity index (χ4n) is 3.68. The van der Waals surface area contributed by atoms with Crippen molar-refractivity contribution in [3.8, 4) is 5.75 Å². The summed E-state index contributed by atoms with van der Waals surface area (Å²) in [4.78, 5) is 17.4. The number of fused-ring (bicyclic) bond motifs is 1. The Bertz CT molecular complexity index is 1200. The molecule has 1 heterocycles. The Labute approximate surface area is 170 Å². The molecule has 0 aliphatic heterocycles. The molecule has 0 spiro atoms. The Hall–Kier alpha value is -2.93. The monoisotopic (exact) mass is 410 g/mol. The van der Waals surface area contributed by atoms with Crippen molar-refractivity contribution in [1.29, 1.82) is 0 Å². The van der Waals surface area contributed by atoms with Gasteiger partial charge in [-0.15, -0.1) is 0 Å². The van der Waals surface area contributed by atoms with Crippen LogP contribution in [0.3, 0.4) is 0 Å². The zero-order valence-corrected chi connectivity index (χ0v) is 17.1. The van der Waals surface area contributed by atoms with Gasteiger partial charge in [-0.1, -0.05) is 25.1 Å². The van der Waals surface area contributed by atoms with Gasteiger partial charge in [0.15, 0.2) is 0 Å². The maximum absolute atomic E-state index is 13.2. The van der Waals surface area contributed by atoms with Crippen LogP contribution in [-0.2, 0) is 26.7 Å². The van der Waals surface area contributed by atoms with Gasteiger partial charge in [0.25, 0.3) is 10.0 Å². The second-order valence-corrected chi connectivity index (χ2v) is 8.88. The molecule has 150 valence electrons. The number of pyridine rings is 1. The van der Waals surface area contributed by atoms with Gasteiger partial charge in [-0.3, -0.25) is 9.78 Å². The summed E-state index contributed by atoms with van der Waals surface area (Å²) in [6.45, 7) is 2.03. The molecule has 1 saturated carbocycles. The third-order valence-corrected chi connectivity index (χ3v) is 6.88. The van der Waals surface area contributed by atoms with Gasteiger partial charge < -0.3 is 4.74 Å². The van der Waals surface area contributed by atoms with Gasteiger partial charge >= 0.3 is 0 Å². The van der Waals surface area contributed by atoms with Crippen LogP contribution in [0.2, 0.25) is 0 Å². The van der Waals surface area contributed by atoms with E-state index in [1.165, 1.54) is 6.07 Å². The normalized spacial score (nSPS) is 15.1. The van der Waals surface area contributed by atoms with Gasteiger partial charge in [0, 0.05) is 17.1 Å². The molecule has 1 amide bonds. The highest BCUT2D eigenvalue weighted by atomic mass is 32.2. The molecule has 0 radical (unpaired) electrons. The highest BCUT2D eigenvalue weighted by Crippen LogP contribution is 2.52. The topological polar surface area (TPSA) is 85.4 Å². The minimum absolute atomic E-state index is 0.0431. The van der Waals surface area contributed by atoms with Crippen molar-refractivity contribution < 1.29 is 17.9 Å². The highest BCUT2D eigenvalue weighted by Gasteiger charge is 2.54. The van der Waals surface area contributed by atoms with Gasteiger partial charge in [0.2, 0.25) is 5.91 Å². The number of carbonyl (C=O) groups is 1. The first-order valence-corrected chi connectivity index (χ1v) is 11.0. The number of hydrogen-bond acceptors (Lipinski definition) is 5. The summed E-state index contributed by atoms with van der Waals surface area (Å²) in [6, 6.07) is 13.9. The lowest BCUT2D eigenvalue weighted by atomic mass is 9.92. The molecule has 1 aliphatic carbocycles. The Kier molecular flexibility index (Phi) is 4.78. The highest BCUT2D eigenvalue weighted by molar-refractivity contribution is 7.90. The van der Waals surface area contributed by atoms with Crippen LogP contribution in [0.1, 0.15) is 30.9 Å². The van der Waals surface area contributed by atoms with Crippen LogP contribution in [-0.4, -0.2) is 26.4 Å². The van der Waals surface area contributed by atoms with E-state index in [1.54, 1.807) is 37.6 Å². The Morgan fingerprint density at radius 3 is 2.66 bits per heavy atom. The molecule has 1 aromatic heterocycles. The number of aromatic nitrogens is 1. The summed E-state index contributed by atoms with van der Waals surface area (Å²) in [5.74, 6) is 0.0755. The first kappa shape index (κ1) is 19.4. The minimum Gasteiger partial charge on any atom is -0.496 e. The molecular formula is C22H22N2O4S. The smallest absolute Gasteiger partial charge is 0.264 e. The summed E-state index contributed by atoms with van der Waals surface area (Å²) >= 11 is 0. The number of amides is 1. The minimum atomic E-state index is -4.05. The van der Waals surface area contributed by atoms with Crippen molar-refractivity contribution >= 4 is 26.8 Å². The van der Waals surface area contributed by atoms with E-state index in [0.29, 0.717) is 29.5 Å². The van der Waals surface area contributed by atoms with E-state index in [9.17, 15) is 13.2 Å². The molecule has 1 N–H and O–H groups in total. The van der Waals surface area contributed by atoms with Crippen molar-refractivity contribution in [3.63, 3.8) is 0 Å². The van der Waals surface area contributed by atoms with E-state index < -0.39 is 21.3 Å². The van der Waals surface area contributed by atoms with Crippen molar-refractivity contribution in [2.75, 3.05) is 7.11 Å². The van der Waals surface area contributed by atoms with Crippen molar-refractivity contribution in [3.05, 3.63) is 65.9 Å². The molecule has 7 heteroatoms. The van der Waals surface area contributed by atoms with Gasteiger partial charge in [0.1, 0.15) is 5.75 Å². The van der Waals surface area contributed by atoms with Gasteiger partial charge in [-0.05, 0) is 55.2 Å². The lowest BCUT2D eigenvalue weighted by molar-refractivity contribution is -0.121. The van der Waals surface area contributed by atoms with Crippen molar-refractivity contribution in [2.45, 2.75) is 36.5 Å². The lowest BCUT2D eigenvalue weighted by Gasteiger charge is -2.20. The standard InChI is InChI=1S/C22H22N2O4S/c1-3-15-9-10-19(28-2)17(14-15)22(11-12-22)21(25)24-29(26,27)20-8-4-7-18-16(20)6-5-13-23-18/h4-10,13-14H,3,11-12H2,1-2H3,(H,24,25). The lowest BCUT2D eigenvalue weighted by Crippen LogP contribution is -2.39. The van der Waals surface area contributed by atoms with Crippen molar-refractivity contribution in [2.24, 2.45) is 0 Å². The van der Waals surface area contributed by atoms with Crippen LogP contribution < -0.4 is 9.46 Å². The number of rotatable bonds is 6. The molecule has 29 heavy (non-hydrogen) atoms. The summed E-state index contributed by atoms with van der Waals surface area (Å²) in [5.41, 5.74) is 1.49. The van der Waals surface area contributed by atoms with Crippen LogP contribution in [0.4, 0.5) is 0 Å². The van der Waals surface area contributed by atoms with Crippen LogP contribution in [0, 0.1) is 0 Å². The second-order valence-electron chi connectivity index (χ2n) is 7.23. The third-order valence-electron chi connectivity index (χ3n) is 5.49. The summed E-state index contributed by atoms with van der Waals surface area (Å²) < 4.78 is 33.9. The summed E-state index contributed by atoms with van der Waals surface area (Å²) in [6.07, 6.45) is 3.57. The molecule has 4 rings (SSSR count). The van der Waals surface area contributed by atoms with E-state index in [2.05, 4.69) is 9.71 Å².